The summed E-state index contributed by atoms with van der Waals surface area (Å²) in [7, 11) is 1.87. The van der Waals surface area contributed by atoms with Crippen LogP contribution in [0.15, 0.2) is 23.2 Å². The average Bonchev–Trinajstić information content (AvgIpc) is 3.14. The normalized spacial score (nSPS) is 22.3. The van der Waals surface area contributed by atoms with E-state index < -0.39 is 11.6 Å². The van der Waals surface area contributed by atoms with Gasteiger partial charge in [0.2, 0.25) is 5.91 Å². The second-order valence-corrected chi connectivity index (χ2v) is 7.22. The highest BCUT2D eigenvalue weighted by molar-refractivity contribution is 8.14. The first-order valence-electron chi connectivity index (χ1n) is 8.15. The minimum atomic E-state index is -0.732. The van der Waals surface area contributed by atoms with E-state index in [9.17, 15) is 13.6 Å². The number of benzene rings is 1. The molecule has 8 heteroatoms. The second-order valence-electron chi connectivity index (χ2n) is 6.24. The molecule has 0 bridgehead atoms. The van der Waals surface area contributed by atoms with E-state index in [0.717, 1.165) is 24.1 Å². The van der Waals surface area contributed by atoms with Crippen molar-refractivity contribution in [2.24, 2.45) is 4.99 Å². The van der Waals surface area contributed by atoms with Crippen LogP contribution in [0.3, 0.4) is 0 Å². The molecule has 2 fully saturated rings. The summed E-state index contributed by atoms with van der Waals surface area (Å²) in [6.45, 7) is 1.40. The summed E-state index contributed by atoms with van der Waals surface area (Å²) in [6, 6.07) is 3.64. The van der Waals surface area contributed by atoms with Crippen molar-refractivity contribution in [2.45, 2.75) is 44.8 Å². The van der Waals surface area contributed by atoms with Gasteiger partial charge in [-0.1, -0.05) is 24.6 Å². The highest BCUT2D eigenvalue weighted by atomic mass is 35.5. The number of halogens is 3. The molecule has 1 heterocycles. The van der Waals surface area contributed by atoms with E-state index in [1.807, 2.05) is 11.9 Å². The molecule has 138 valence electrons. The van der Waals surface area contributed by atoms with Gasteiger partial charge in [-0.3, -0.25) is 14.7 Å². The molecule has 3 rings (SSSR count). The van der Waals surface area contributed by atoms with Crippen LogP contribution in [0, 0.1) is 11.6 Å². The average molecular weight is 390 g/mol. The van der Waals surface area contributed by atoms with Crippen LogP contribution in [0.1, 0.15) is 32.6 Å². The number of amides is 1. The summed E-state index contributed by atoms with van der Waals surface area (Å²) in [5.74, 6) is -1.06. The topological polar surface area (TPSA) is 35.9 Å². The van der Waals surface area contributed by atoms with Crippen LogP contribution >= 0.6 is 24.2 Å². The number of hydrogen-bond acceptors (Lipinski definition) is 3. The fraction of sp³-hybridized carbons (Fsp3) is 0.529. The van der Waals surface area contributed by atoms with Crippen LogP contribution in [-0.2, 0) is 4.79 Å². The molecule has 1 atom stereocenters. The number of hydrogen-bond donors (Lipinski definition) is 0. The molecule has 1 saturated carbocycles. The largest absolute Gasteiger partial charge is 0.333 e. The van der Waals surface area contributed by atoms with Crippen molar-refractivity contribution >= 4 is 40.9 Å². The first-order chi connectivity index (χ1) is 11.5. The van der Waals surface area contributed by atoms with Crippen molar-refractivity contribution in [3.8, 4) is 0 Å². The minimum Gasteiger partial charge on any atom is -0.333 e. The zero-order valence-corrected chi connectivity index (χ0v) is 15.9. The standard InChI is InChI=1S/C17H21F2N3OS.ClH/c1-11(23)22(15-8-7-12(18)9-14(15)19)16-10-24-17(21(16)2)20-13-5-3-4-6-13;/h7-9,13,16H,3-6,10H2,1-2H3;1H. The Balaban J connectivity index is 0.00000225. The Bertz CT molecular complexity index is 667. The van der Waals surface area contributed by atoms with Crippen LogP contribution in [-0.4, -0.2) is 41.0 Å². The molecular weight excluding hydrogens is 368 g/mol. The zero-order chi connectivity index (χ0) is 17.3. The summed E-state index contributed by atoms with van der Waals surface area (Å²) in [5.41, 5.74) is 0.100. The SMILES string of the molecule is CC(=O)N(c1ccc(F)cc1F)C1CSC(=NC2CCCC2)N1C.Cl. The third-order valence-electron chi connectivity index (χ3n) is 4.53. The molecule has 1 aliphatic heterocycles. The molecule has 4 nitrogen and oxygen atoms in total. The second kappa shape index (κ2) is 8.36. The van der Waals surface area contributed by atoms with Crippen LogP contribution in [0.5, 0.6) is 0 Å². The lowest BCUT2D eigenvalue weighted by Crippen LogP contribution is -2.48. The number of thioether (sulfide) groups is 1. The quantitative estimate of drug-likeness (QED) is 0.782. The lowest BCUT2D eigenvalue weighted by Gasteiger charge is -2.33. The fourth-order valence-corrected chi connectivity index (χ4v) is 4.49. The maximum absolute atomic E-state index is 14.2. The molecule has 1 saturated heterocycles. The van der Waals surface area contributed by atoms with Crippen molar-refractivity contribution in [3.63, 3.8) is 0 Å². The number of anilines is 1. The van der Waals surface area contributed by atoms with Gasteiger partial charge in [-0.2, -0.15) is 0 Å². The number of carbonyl (C=O) groups is 1. The Kier molecular flexibility index (Phi) is 6.68. The van der Waals surface area contributed by atoms with E-state index in [0.29, 0.717) is 11.8 Å². The van der Waals surface area contributed by atoms with Gasteiger partial charge in [0.05, 0.1) is 11.7 Å². The lowest BCUT2D eigenvalue weighted by molar-refractivity contribution is -0.117. The molecular formula is C17H22ClF2N3OS. The van der Waals surface area contributed by atoms with Crippen molar-refractivity contribution in [1.82, 2.24) is 4.90 Å². The highest BCUT2D eigenvalue weighted by Crippen LogP contribution is 2.32. The van der Waals surface area contributed by atoms with Gasteiger partial charge in [0.15, 0.2) is 5.17 Å². The molecule has 0 spiro atoms. The lowest BCUT2D eigenvalue weighted by atomic mass is 10.2. The summed E-state index contributed by atoms with van der Waals surface area (Å²) in [5, 5.41) is 0.890. The van der Waals surface area contributed by atoms with Crippen molar-refractivity contribution < 1.29 is 13.6 Å². The van der Waals surface area contributed by atoms with E-state index in [-0.39, 0.29) is 30.2 Å². The van der Waals surface area contributed by atoms with Crippen LogP contribution in [0.25, 0.3) is 0 Å². The molecule has 1 unspecified atom stereocenters. The molecule has 1 aliphatic carbocycles. The van der Waals surface area contributed by atoms with Gasteiger partial charge < -0.3 is 4.90 Å². The Hall–Kier alpha value is -1.34. The third kappa shape index (κ3) is 4.26. The molecule has 1 aromatic rings. The summed E-state index contributed by atoms with van der Waals surface area (Å²) in [4.78, 5) is 20.3. The maximum Gasteiger partial charge on any atom is 0.225 e. The van der Waals surface area contributed by atoms with Crippen LogP contribution in [0.4, 0.5) is 14.5 Å². The highest BCUT2D eigenvalue weighted by Gasteiger charge is 2.36. The van der Waals surface area contributed by atoms with E-state index in [1.165, 1.54) is 36.8 Å². The van der Waals surface area contributed by atoms with Gasteiger partial charge in [0.25, 0.3) is 0 Å². The number of nitrogens with zero attached hydrogens (tertiary/aromatic N) is 3. The molecule has 0 radical (unpaired) electrons. The number of amidine groups is 1. The van der Waals surface area contributed by atoms with Crippen LogP contribution < -0.4 is 4.90 Å². The molecule has 2 aliphatic rings. The van der Waals surface area contributed by atoms with Crippen molar-refractivity contribution in [3.05, 3.63) is 29.8 Å². The Labute approximate surface area is 157 Å². The van der Waals surface area contributed by atoms with Gasteiger partial charge in [-0.25, -0.2) is 8.78 Å². The summed E-state index contributed by atoms with van der Waals surface area (Å²) >= 11 is 1.58. The number of carbonyl (C=O) groups excluding carboxylic acids is 1. The number of aliphatic imine (C=N–C) groups is 1. The Morgan fingerprint density at radius 1 is 1.32 bits per heavy atom. The minimum absolute atomic E-state index is 0. The predicted octanol–water partition coefficient (Wildman–Crippen LogP) is 4.04. The van der Waals surface area contributed by atoms with Crippen molar-refractivity contribution in [1.29, 1.82) is 0 Å². The smallest absolute Gasteiger partial charge is 0.225 e. The van der Waals surface area contributed by atoms with E-state index >= 15 is 0 Å². The third-order valence-corrected chi connectivity index (χ3v) is 5.65. The molecule has 0 N–H and O–H groups in total. The van der Waals surface area contributed by atoms with Gasteiger partial charge in [-0.05, 0) is 25.0 Å². The van der Waals surface area contributed by atoms with Gasteiger partial charge in [-0.15, -0.1) is 12.4 Å². The molecule has 25 heavy (non-hydrogen) atoms. The molecule has 1 aromatic carbocycles. The van der Waals surface area contributed by atoms with Gasteiger partial charge in [0, 0.05) is 25.8 Å². The van der Waals surface area contributed by atoms with E-state index in [2.05, 4.69) is 0 Å². The van der Waals surface area contributed by atoms with Gasteiger partial charge in [0.1, 0.15) is 17.8 Å². The Morgan fingerprint density at radius 3 is 2.60 bits per heavy atom. The maximum atomic E-state index is 14.2. The first kappa shape index (κ1) is 20.0. The number of rotatable bonds is 3. The fourth-order valence-electron chi connectivity index (χ4n) is 3.27. The summed E-state index contributed by atoms with van der Waals surface area (Å²) in [6.07, 6.45) is 4.30. The van der Waals surface area contributed by atoms with E-state index in [4.69, 9.17) is 4.99 Å². The zero-order valence-electron chi connectivity index (χ0n) is 14.2. The van der Waals surface area contributed by atoms with E-state index in [1.54, 1.807) is 11.8 Å². The van der Waals surface area contributed by atoms with Crippen LogP contribution in [0.2, 0.25) is 0 Å². The monoisotopic (exact) mass is 389 g/mol. The summed E-state index contributed by atoms with van der Waals surface area (Å²) < 4.78 is 27.4. The van der Waals surface area contributed by atoms with Gasteiger partial charge >= 0.3 is 0 Å². The Morgan fingerprint density at radius 2 is 2.00 bits per heavy atom. The predicted molar refractivity (Wildman–Crippen MR) is 100 cm³/mol. The first-order valence-corrected chi connectivity index (χ1v) is 9.14. The molecule has 1 amide bonds. The van der Waals surface area contributed by atoms with Crippen molar-refractivity contribution in [2.75, 3.05) is 17.7 Å². The molecule has 0 aromatic heterocycles.